The number of aliphatic imine (C=N–C) groups is 1. The zero-order valence-electron chi connectivity index (χ0n) is 11.9. The first-order valence-electron chi connectivity index (χ1n) is 6.69. The van der Waals surface area contributed by atoms with E-state index in [2.05, 4.69) is 20.4 Å². The number of guanidine groups is 1. The van der Waals surface area contributed by atoms with Gasteiger partial charge in [0.05, 0.1) is 6.54 Å². The molecule has 120 valence electrons. The topological polar surface area (TPSA) is 45.7 Å². The summed E-state index contributed by atoms with van der Waals surface area (Å²) in [5.74, 6) is 0.652. The molecule has 0 amide bonds. The SMILES string of the molecule is CCNC(=NCc1ccsc1)NCCCOCC(F)(F)F. The average molecular weight is 323 g/mol. The largest absolute Gasteiger partial charge is 0.411 e. The number of nitrogens with zero attached hydrogens (tertiary/aromatic N) is 1. The van der Waals surface area contributed by atoms with Crippen molar-refractivity contribution in [3.05, 3.63) is 22.4 Å². The van der Waals surface area contributed by atoms with Crippen LogP contribution in [0.2, 0.25) is 0 Å². The van der Waals surface area contributed by atoms with Crippen molar-refractivity contribution in [1.82, 2.24) is 10.6 Å². The number of thiophene rings is 1. The summed E-state index contributed by atoms with van der Waals surface area (Å²) >= 11 is 1.61. The summed E-state index contributed by atoms with van der Waals surface area (Å²) in [6.45, 7) is 2.63. The molecule has 0 saturated heterocycles. The van der Waals surface area contributed by atoms with E-state index in [0.717, 1.165) is 12.1 Å². The van der Waals surface area contributed by atoms with Crippen LogP contribution in [-0.4, -0.2) is 38.4 Å². The Morgan fingerprint density at radius 2 is 2.19 bits per heavy atom. The lowest BCUT2D eigenvalue weighted by Crippen LogP contribution is -2.38. The Labute approximate surface area is 126 Å². The number of alkyl halides is 3. The number of hydrogen-bond donors (Lipinski definition) is 2. The molecule has 2 N–H and O–H groups in total. The van der Waals surface area contributed by atoms with Gasteiger partial charge in [0.2, 0.25) is 0 Å². The van der Waals surface area contributed by atoms with Crippen LogP contribution in [0.3, 0.4) is 0 Å². The predicted octanol–water partition coefficient (Wildman–Crippen LogP) is 2.77. The summed E-state index contributed by atoms with van der Waals surface area (Å²) in [7, 11) is 0. The van der Waals surface area contributed by atoms with Crippen LogP contribution in [0.1, 0.15) is 18.9 Å². The van der Waals surface area contributed by atoms with Gasteiger partial charge in [0.25, 0.3) is 0 Å². The lowest BCUT2D eigenvalue weighted by molar-refractivity contribution is -0.173. The molecule has 0 radical (unpaired) electrons. The van der Waals surface area contributed by atoms with Crippen LogP contribution in [0.4, 0.5) is 13.2 Å². The zero-order valence-corrected chi connectivity index (χ0v) is 12.7. The van der Waals surface area contributed by atoms with Gasteiger partial charge in [-0.2, -0.15) is 24.5 Å². The molecule has 8 heteroatoms. The number of halogens is 3. The van der Waals surface area contributed by atoms with Crippen LogP contribution in [0, 0.1) is 0 Å². The molecular weight excluding hydrogens is 303 g/mol. The van der Waals surface area contributed by atoms with Gasteiger partial charge in [0.15, 0.2) is 5.96 Å². The fourth-order valence-corrected chi connectivity index (χ4v) is 2.12. The van der Waals surface area contributed by atoms with E-state index in [1.54, 1.807) is 11.3 Å². The molecule has 0 saturated carbocycles. The Morgan fingerprint density at radius 1 is 1.38 bits per heavy atom. The summed E-state index contributed by atoms with van der Waals surface area (Å²) < 4.78 is 40.1. The van der Waals surface area contributed by atoms with Crippen molar-refractivity contribution < 1.29 is 17.9 Å². The van der Waals surface area contributed by atoms with Gasteiger partial charge >= 0.3 is 6.18 Å². The molecular formula is C13H20F3N3OS. The van der Waals surface area contributed by atoms with Crippen molar-refractivity contribution in [1.29, 1.82) is 0 Å². The van der Waals surface area contributed by atoms with Crippen molar-refractivity contribution in [3.63, 3.8) is 0 Å². The van der Waals surface area contributed by atoms with Gasteiger partial charge in [-0.05, 0) is 35.7 Å². The Hall–Kier alpha value is -1.28. The molecule has 0 aliphatic heterocycles. The highest BCUT2D eigenvalue weighted by Gasteiger charge is 2.27. The van der Waals surface area contributed by atoms with Crippen molar-refractivity contribution >= 4 is 17.3 Å². The molecule has 21 heavy (non-hydrogen) atoms. The second-order valence-electron chi connectivity index (χ2n) is 4.27. The fraction of sp³-hybridized carbons (Fsp3) is 0.615. The van der Waals surface area contributed by atoms with Crippen molar-refractivity contribution in [2.45, 2.75) is 26.1 Å². The molecule has 0 fully saturated rings. The van der Waals surface area contributed by atoms with Gasteiger partial charge in [0.1, 0.15) is 6.61 Å². The lowest BCUT2D eigenvalue weighted by Gasteiger charge is -2.11. The first-order valence-corrected chi connectivity index (χ1v) is 7.63. The van der Waals surface area contributed by atoms with Gasteiger partial charge in [0, 0.05) is 19.7 Å². The maximum atomic E-state index is 11.9. The van der Waals surface area contributed by atoms with E-state index in [-0.39, 0.29) is 6.61 Å². The third kappa shape index (κ3) is 9.30. The maximum Gasteiger partial charge on any atom is 0.411 e. The van der Waals surface area contributed by atoms with Gasteiger partial charge < -0.3 is 15.4 Å². The molecule has 1 rings (SSSR count). The molecule has 4 nitrogen and oxygen atoms in total. The van der Waals surface area contributed by atoms with E-state index >= 15 is 0 Å². The molecule has 1 heterocycles. The van der Waals surface area contributed by atoms with Crippen LogP contribution in [0.25, 0.3) is 0 Å². The Balaban J connectivity index is 2.20. The second-order valence-corrected chi connectivity index (χ2v) is 5.05. The summed E-state index contributed by atoms with van der Waals surface area (Å²) in [5, 5.41) is 10.2. The summed E-state index contributed by atoms with van der Waals surface area (Å²) in [5.41, 5.74) is 1.13. The Morgan fingerprint density at radius 3 is 2.81 bits per heavy atom. The highest BCUT2D eigenvalue weighted by atomic mass is 32.1. The average Bonchev–Trinajstić information content (AvgIpc) is 2.91. The van der Waals surface area contributed by atoms with Gasteiger partial charge in [-0.1, -0.05) is 0 Å². The third-order valence-electron chi connectivity index (χ3n) is 2.37. The number of rotatable bonds is 8. The number of nitrogens with one attached hydrogen (secondary N) is 2. The van der Waals surface area contributed by atoms with E-state index in [1.807, 2.05) is 23.8 Å². The van der Waals surface area contributed by atoms with Crippen LogP contribution >= 0.6 is 11.3 Å². The van der Waals surface area contributed by atoms with Gasteiger partial charge in [-0.15, -0.1) is 0 Å². The molecule has 0 aromatic carbocycles. The minimum atomic E-state index is -4.26. The van der Waals surface area contributed by atoms with Crippen molar-refractivity contribution in [3.8, 4) is 0 Å². The molecule has 0 aliphatic rings. The monoisotopic (exact) mass is 323 g/mol. The summed E-state index contributed by atoms with van der Waals surface area (Å²) in [4.78, 5) is 4.39. The smallest absolute Gasteiger partial charge is 0.372 e. The Bertz CT molecular complexity index is 407. The Kier molecular flexibility index (Phi) is 8.14. The molecule has 0 atom stereocenters. The van der Waals surface area contributed by atoms with Crippen molar-refractivity contribution in [2.75, 3.05) is 26.3 Å². The predicted molar refractivity (Wildman–Crippen MR) is 78.6 cm³/mol. The van der Waals surface area contributed by atoms with Crippen LogP contribution in [0.15, 0.2) is 21.8 Å². The maximum absolute atomic E-state index is 11.9. The van der Waals surface area contributed by atoms with E-state index in [9.17, 15) is 13.2 Å². The molecule has 0 aliphatic carbocycles. The molecule has 1 aromatic rings. The van der Waals surface area contributed by atoms with Crippen molar-refractivity contribution in [2.24, 2.45) is 4.99 Å². The van der Waals surface area contributed by atoms with Crippen LogP contribution < -0.4 is 10.6 Å². The minimum absolute atomic E-state index is 0.0659. The van der Waals surface area contributed by atoms with Gasteiger partial charge in [-0.25, -0.2) is 4.99 Å². The molecule has 0 unspecified atom stereocenters. The van der Waals surface area contributed by atoms with E-state index in [4.69, 9.17) is 0 Å². The highest BCUT2D eigenvalue weighted by Crippen LogP contribution is 2.14. The number of ether oxygens (including phenoxy) is 1. The number of hydrogen-bond acceptors (Lipinski definition) is 3. The lowest BCUT2D eigenvalue weighted by atomic mass is 10.3. The molecule has 1 aromatic heterocycles. The minimum Gasteiger partial charge on any atom is -0.372 e. The normalized spacial score (nSPS) is 12.5. The van der Waals surface area contributed by atoms with E-state index < -0.39 is 12.8 Å². The van der Waals surface area contributed by atoms with E-state index in [0.29, 0.717) is 25.5 Å². The molecule has 0 bridgehead atoms. The summed E-state index contributed by atoms with van der Waals surface area (Å²) in [6, 6.07) is 2.00. The standard InChI is InChI=1S/C13H20F3N3OS/c1-2-17-12(19-8-11-4-7-21-9-11)18-5-3-6-20-10-13(14,15)16/h4,7,9H,2-3,5-6,8,10H2,1H3,(H2,17,18,19). The highest BCUT2D eigenvalue weighted by molar-refractivity contribution is 7.07. The quantitative estimate of drug-likeness (QED) is 0.439. The second kappa shape index (κ2) is 9.62. The first-order chi connectivity index (χ1) is 10.0. The van der Waals surface area contributed by atoms with Crippen LogP contribution in [0.5, 0.6) is 0 Å². The first kappa shape index (κ1) is 17.8. The summed E-state index contributed by atoms with van der Waals surface area (Å²) in [6.07, 6.45) is -3.77. The van der Waals surface area contributed by atoms with E-state index in [1.165, 1.54) is 0 Å². The zero-order chi connectivity index (χ0) is 15.6. The fourth-order valence-electron chi connectivity index (χ4n) is 1.46. The van der Waals surface area contributed by atoms with Gasteiger partial charge in [-0.3, -0.25) is 0 Å². The third-order valence-corrected chi connectivity index (χ3v) is 3.10. The molecule has 0 spiro atoms. The van der Waals surface area contributed by atoms with Crippen LogP contribution in [-0.2, 0) is 11.3 Å².